The van der Waals surface area contributed by atoms with Crippen molar-refractivity contribution in [2.75, 3.05) is 5.43 Å². The maximum Gasteiger partial charge on any atom is 0.279 e. The van der Waals surface area contributed by atoms with Crippen LogP contribution in [0.3, 0.4) is 0 Å². The summed E-state index contributed by atoms with van der Waals surface area (Å²) in [6.45, 7) is 1.97. The number of carbonyl (C=O) groups is 1. The van der Waals surface area contributed by atoms with Crippen LogP contribution in [0.1, 0.15) is 15.2 Å². The SMILES string of the molecule is Cc1ccc2nc(Cl)nc(NNC(=O)c3cccs3)c2c1. The monoisotopic (exact) mass is 318 g/mol. The molecule has 1 amide bonds. The molecule has 2 N–H and O–H groups in total. The fourth-order valence-corrected chi connectivity index (χ4v) is 2.69. The van der Waals surface area contributed by atoms with E-state index in [-0.39, 0.29) is 11.2 Å². The zero-order valence-electron chi connectivity index (χ0n) is 11.1. The molecule has 0 saturated heterocycles. The van der Waals surface area contributed by atoms with Crippen molar-refractivity contribution < 1.29 is 4.79 Å². The average Bonchev–Trinajstić information content (AvgIpc) is 2.99. The summed E-state index contributed by atoms with van der Waals surface area (Å²) in [6, 6.07) is 9.31. The maximum atomic E-state index is 11.9. The molecule has 0 fully saturated rings. The summed E-state index contributed by atoms with van der Waals surface area (Å²) in [5.41, 5.74) is 7.21. The van der Waals surface area contributed by atoms with Crippen molar-refractivity contribution in [2.24, 2.45) is 0 Å². The third-order valence-electron chi connectivity index (χ3n) is 2.86. The lowest BCUT2D eigenvalue weighted by Crippen LogP contribution is -2.29. The molecule has 0 unspecified atom stereocenters. The number of hydrogen-bond donors (Lipinski definition) is 2. The van der Waals surface area contributed by atoms with Crippen molar-refractivity contribution in [3.05, 3.63) is 51.4 Å². The van der Waals surface area contributed by atoms with E-state index in [1.54, 1.807) is 6.07 Å². The highest BCUT2D eigenvalue weighted by Gasteiger charge is 2.10. The lowest BCUT2D eigenvalue weighted by molar-refractivity contribution is 0.0966. The number of hydrazine groups is 1. The average molecular weight is 319 g/mol. The molecule has 0 radical (unpaired) electrons. The molecule has 3 aromatic rings. The van der Waals surface area contributed by atoms with Crippen LogP contribution in [0.4, 0.5) is 5.82 Å². The second-order valence-electron chi connectivity index (χ2n) is 4.42. The lowest BCUT2D eigenvalue weighted by atomic mass is 10.1. The van der Waals surface area contributed by atoms with Crippen LogP contribution in [0.25, 0.3) is 10.9 Å². The van der Waals surface area contributed by atoms with Gasteiger partial charge in [-0.1, -0.05) is 17.7 Å². The van der Waals surface area contributed by atoms with Gasteiger partial charge in [-0.2, -0.15) is 4.98 Å². The second kappa shape index (κ2) is 5.67. The minimum absolute atomic E-state index is 0.124. The maximum absolute atomic E-state index is 11.9. The molecule has 0 spiro atoms. The van der Waals surface area contributed by atoms with Gasteiger partial charge in [0.25, 0.3) is 5.91 Å². The van der Waals surface area contributed by atoms with E-state index in [9.17, 15) is 4.79 Å². The van der Waals surface area contributed by atoms with Crippen LogP contribution in [0.5, 0.6) is 0 Å². The Hall–Kier alpha value is -2.18. The molecule has 21 heavy (non-hydrogen) atoms. The molecule has 0 atom stereocenters. The van der Waals surface area contributed by atoms with E-state index in [4.69, 9.17) is 11.6 Å². The summed E-state index contributed by atoms with van der Waals surface area (Å²) in [5.74, 6) is 0.249. The number of fused-ring (bicyclic) bond motifs is 1. The predicted molar refractivity (Wildman–Crippen MR) is 84.7 cm³/mol. The number of halogens is 1. The Morgan fingerprint density at radius 3 is 2.90 bits per heavy atom. The molecular weight excluding hydrogens is 308 g/mol. The summed E-state index contributed by atoms with van der Waals surface area (Å²) >= 11 is 7.27. The van der Waals surface area contributed by atoms with Crippen molar-refractivity contribution in [3.63, 3.8) is 0 Å². The van der Waals surface area contributed by atoms with Crippen molar-refractivity contribution in [3.8, 4) is 0 Å². The van der Waals surface area contributed by atoms with Gasteiger partial charge in [-0.05, 0) is 42.1 Å². The van der Waals surface area contributed by atoms with Crippen LogP contribution in [-0.2, 0) is 0 Å². The van der Waals surface area contributed by atoms with Gasteiger partial charge in [0.1, 0.15) is 0 Å². The molecule has 2 aromatic heterocycles. The van der Waals surface area contributed by atoms with Crippen LogP contribution in [0, 0.1) is 6.92 Å². The standard InChI is InChI=1S/C14H11ClN4OS/c1-8-4-5-10-9(7-8)12(17-14(15)16-10)18-19-13(20)11-3-2-6-21-11/h2-7H,1H3,(H,19,20)(H,16,17,18). The molecule has 0 aliphatic heterocycles. The highest BCUT2D eigenvalue weighted by Crippen LogP contribution is 2.22. The highest BCUT2D eigenvalue weighted by molar-refractivity contribution is 7.12. The number of aromatic nitrogens is 2. The van der Waals surface area contributed by atoms with Crippen LogP contribution in [0.2, 0.25) is 5.28 Å². The molecule has 0 aliphatic rings. The Kier molecular flexibility index (Phi) is 3.72. The van der Waals surface area contributed by atoms with E-state index in [0.717, 1.165) is 10.9 Å². The fourth-order valence-electron chi connectivity index (χ4n) is 1.89. The minimum Gasteiger partial charge on any atom is -0.281 e. The number of hydrogen-bond acceptors (Lipinski definition) is 5. The molecule has 0 saturated carbocycles. The van der Waals surface area contributed by atoms with E-state index in [1.165, 1.54) is 11.3 Å². The molecule has 3 rings (SSSR count). The van der Waals surface area contributed by atoms with Crippen LogP contribution in [0.15, 0.2) is 35.7 Å². The van der Waals surface area contributed by atoms with Gasteiger partial charge in [-0.15, -0.1) is 11.3 Å². The summed E-state index contributed by atoms with van der Waals surface area (Å²) in [5, 5.41) is 2.76. The van der Waals surface area contributed by atoms with E-state index in [1.807, 2.05) is 36.6 Å². The van der Waals surface area contributed by atoms with Gasteiger partial charge in [0.15, 0.2) is 5.82 Å². The van der Waals surface area contributed by atoms with E-state index >= 15 is 0 Å². The first kappa shape index (κ1) is 13.8. The number of carbonyl (C=O) groups excluding carboxylic acids is 1. The number of anilines is 1. The Labute approximate surface area is 130 Å². The lowest BCUT2D eigenvalue weighted by Gasteiger charge is -2.10. The molecule has 1 aromatic carbocycles. The first-order valence-electron chi connectivity index (χ1n) is 6.17. The molecule has 7 heteroatoms. The molecule has 0 aliphatic carbocycles. The number of amides is 1. The summed E-state index contributed by atoms with van der Waals surface area (Å²) < 4.78 is 0. The molecule has 0 bridgehead atoms. The number of benzene rings is 1. The third kappa shape index (κ3) is 2.96. The molecular formula is C14H11ClN4OS. The van der Waals surface area contributed by atoms with Gasteiger partial charge in [-0.3, -0.25) is 15.6 Å². The van der Waals surface area contributed by atoms with Gasteiger partial charge in [0.05, 0.1) is 10.4 Å². The van der Waals surface area contributed by atoms with Gasteiger partial charge in [0, 0.05) is 5.39 Å². The second-order valence-corrected chi connectivity index (χ2v) is 5.70. The predicted octanol–water partition coefficient (Wildman–Crippen LogP) is 3.41. The van der Waals surface area contributed by atoms with Gasteiger partial charge in [-0.25, -0.2) is 4.98 Å². The van der Waals surface area contributed by atoms with Crippen LogP contribution in [-0.4, -0.2) is 15.9 Å². The zero-order valence-corrected chi connectivity index (χ0v) is 12.6. The summed E-state index contributed by atoms with van der Waals surface area (Å²) in [6.07, 6.45) is 0. The number of nitrogens with one attached hydrogen (secondary N) is 2. The van der Waals surface area contributed by atoms with Crippen molar-refractivity contribution in [1.29, 1.82) is 0 Å². The van der Waals surface area contributed by atoms with Gasteiger partial charge in [0.2, 0.25) is 5.28 Å². The van der Waals surface area contributed by atoms with Crippen molar-refractivity contribution in [2.45, 2.75) is 6.92 Å². The number of rotatable bonds is 3. The Bertz CT molecular complexity index is 804. The Balaban J connectivity index is 1.89. The first-order chi connectivity index (χ1) is 10.1. The first-order valence-corrected chi connectivity index (χ1v) is 7.43. The minimum atomic E-state index is -0.222. The van der Waals surface area contributed by atoms with Gasteiger partial charge < -0.3 is 0 Å². The topological polar surface area (TPSA) is 66.9 Å². The normalized spacial score (nSPS) is 10.6. The van der Waals surface area contributed by atoms with E-state index < -0.39 is 0 Å². The fraction of sp³-hybridized carbons (Fsp3) is 0.0714. The van der Waals surface area contributed by atoms with Crippen LogP contribution < -0.4 is 10.9 Å². The largest absolute Gasteiger partial charge is 0.281 e. The molecule has 106 valence electrons. The number of thiophene rings is 1. The Morgan fingerprint density at radius 1 is 1.29 bits per heavy atom. The summed E-state index contributed by atoms with van der Waals surface area (Å²) in [4.78, 5) is 20.8. The summed E-state index contributed by atoms with van der Waals surface area (Å²) in [7, 11) is 0. The van der Waals surface area contributed by atoms with Crippen LogP contribution >= 0.6 is 22.9 Å². The smallest absolute Gasteiger partial charge is 0.279 e. The van der Waals surface area contributed by atoms with Crippen molar-refractivity contribution in [1.82, 2.24) is 15.4 Å². The van der Waals surface area contributed by atoms with Gasteiger partial charge >= 0.3 is 0 Å². The zero-order chi connectivity index (χ0) is 14.8. The van der Waals surface area contributed by atoms with E-state index in [2.05, 4.69) is 20.8 Å². The quantitative estimate of drug-likeness (QED) is 0.573. The third-order valence-corrected chi connectivity index (χ3v) is 3.90. The number of aryl methyl sites for hydroxylation is 1. The van der Waals surface area contributed by atoms with E-state index in [0.29, 0.717) is 16.2 Å². The molecule has 2 heterocycles. The Morgan fingerprint density at radius 2 is 2.14 bits per heavy atom. The van der Waals surface area contributed by atoms with Crippen molar-refractivity contribution >= 4 is 45.6 Å². The number of nitrogens with zero attached hydrogens (tertiary/aromatic N) is 2. The highest BCUT2D eigenvalue weighted by atomic mass is 35.5. The molecule has 5 nitrogen and oxygen atoms in total.